The summed E-state index contributed by atoms with van der Waals surface area (Å²) in [6.07, 6.45) is -4.41. The van der Waals surface area contributed by atoms with Crippen LogP contribution in [0, 0.1) is 0 Å². The molecule has 0 aromatic heterocycles. The number of likely N-dealkylation sites (tertiary alicyclic amines) is 1. The van der Waals surface area contributed by atoms with E-state index in [9.17, 15) is 22.8 Å². The molecular formula is C16H18F3N3O3. The number of anilines is 2. The van der Waals surface area contributed by atoms with Crippen molar-refractivity contribution in [1.82, 2.24) is 4.90 Å². The number of nitrogens with one attached hydrogen (secondary N) is 1. The van der Waals surface area contributed by atoms with E-state index in [1.54, 1.807) is 18.2 Å². The van der Waals surface area contributed by atoms with Gasteiger partial charge in [-0.25, -0.2) is 0 Å². The van der Waals surface area contributed by atoms with Gasteiger partial charge in [0.1, 0.15) is 18.4 Å². The lowest BCUT2D eigenvalue weighted by molar-refractivity contribution is -0.186. The SMILES string of the molecule is CN1CCOc2cc(NC(=O)C3CCCN3C(=O)C(F)(F)F)ccc21. The molecule has 2 aliphatic heterocycles. The van der Waals surface area contributed by atoms with E-state index >= 15 is 0 Å². The maximum atomic E-state index is 12.6. The van der Waals surface area contributed by atoms with Crippen molar-refractivity contribution in [2.24, 2.45) is 0 Å². The number of carbonyl (C=O) groups excluding carboxylic acids is 2. The highest BCUT2D eigenvalue weighted by molar-refractivity contribution is 5.98. The molecule has 0 spiro atoms. The number of alkyl halides is 3. The highest BCUT2D eigenvalue weighted by Gasteiger charge is 2.47. The Morgan fingerprint density at radius 3 is 2.76 bits per heavy atom. The largest absolute Gasteiger partial charge is 0.489 e. The van der Waals surface area contributed by atoms with Gasteiger partial charge in [-0.15, -0.1) is 0 Å². The monoisotopic (exact) mass is 357 g/mol. The van der Waals surface area contributed by atoms with Crippen molar-refractivity contribution >= 4 is 23.2 Å². The van der Waals surface area contributed by atoms with E-state index in [1.807, 2.05) is 11.9 Å². The van der Waals surface area contributed by atoms with Crippen molar-refractivity contribution in [2.45, 2.75) is 25.1 Å². The summed E-state index contributed by atoms with van der Waals surface area (Å²) in [6.45, 7) is 1.18. The van der Waals surface area contributed by atoms with Gasteiger partial charge in [-0.1, -0.05) is 0 Å². The molecule has 2 heterocycles. The third-order valence-electron chi connectivity index (χ3n) is 4.38. The predicted molar refractivity (Wildman–Crippen MR) is 84.6 cm³/mol. The van der Waals surface area contributed by atoms with Gasteiger partial charge in [-0.3, -0.25) is 9.59 Å². The van der Waals surface area contributed by atoms with Crippen molar-refractivity contribution < 1.29 is 27.5 Å². The van der Waals surface area contributed by atoms with E-state index in [2.05, 4.69) is 5.32 Å². The van der Waals surface area contributed by atoms with E-state index in [4.69, 9.17) is 4.74 Å². The number of halogens is 3. The molecule has 9 heteroatoms. The van der Waals surface area contributed by atoms with Gasteiger partial charge in [0.15, 0.2) is 0 Å². The van der Waals surface area contributed by atoms with Crippen LogP contribution >= 0.6 is 0 Å². The molecule has 0 bridgehead atoms. The average molecular weight is 357 g/mol. The van der Waals surface area contributed by atoms with Crippen molar-refractivity contribution in [3.63, 3.8) is 0 Å². The molecular weight excluding hydrogens is 339 g/mol. The van der Waals surface area contributed by atoms with Gasteiger partial charge in [0.05, 0.1) is 12.2 Å². The Hall–Kier alpha value is -2.45. The predicted octanol–water partition coefficient (Wildman–Crippen LogP) is 2.01. The van der Waals surface area contributed by atoms with Crippen LogP contribution in [0.15, 0.2) is 18.2 Å². The normalized spacial score (nSPS) is 20.1. The molecule has 1 N–H and O–H groups in total. The summed E-state index contributed by atoms with van der Waals surface area (Å²) in [5.41, 5.74) is 1.30. The quantitative estimate of drug-likeness (QED) is 0.880. The number of ether oxygens (including phenoxy) is 1. The van der Waals surface area contributed by atoms with Crippen LogP contribution in [0.2, 0.25) is 0 Å². The summed E-state index contributed by atoms with van der Waals surface area (Å²) < 4.78 is 43.5. The van der Waals surface area contributed by atoms with Gasteiger partial charge < -0.3 is 19.9 Å². The average Bonchev–Trinajstić information content (AvgIpc) is 3.03. The fraction of sp³-hybridized carbons (Fsp3) is 0.500. The number of hydrogen-bond acceptors (Lipinski definition) is 4. The van der Waals surface area contributed by atoms with Crippen LogP contribution in [0.3, 0.4) is 0 Å². The fourth-order valence-electron chi connectivity index (χ4n) is 3.11. The van der Waals surface area contributed by atoms with Gasteiger partial charge in [0, 0.05) is 25.3 Å². The third-order valence-corrected chi connectivity index (χ3v) is 4.38. The maximum Gasteiger partial charge on any atom is 0.471 e. The van der Waals surface area contributed by atoms with E-state index in [1.165, 1.54) is 0 Å². The first-order valence-corrected chi connectivity index (χ1v) is 7.94. The number of fused-ring (bicyclic) bond motifs is 1. The van der Waals surface area contributed by atoms with Crippen LogP contribution in [-0.2, 0) is 9.59 Å². The summed E-state index contributed by atoms with van der Waals surface area (Å²) in [6, 6.07) is 3.95. The Bertz CT molecular complexity index is 693. The first-order valence-electron chi connectivity index (χ1n) is 7.94. The molecule has 2 aliphatic rings. The second-order valence-electron chi connectivity index (χ2n) is 6.10. The summed E-state index contributed by atoms with van der Waals surface area (Å²) in [5, 5.41) is 2.59. The van der Waals surface area contributed by atoms with Gasteiger partial charge in [0.2, 0.25) is 5.91 Å². The van der Waals surface area contributed by atoms with Gasteiger partial charge in [-0.05, 0) is 25.0 Å². The Morgan fingerprint density at radius 1 is 1.28 bits per heavy atom. The molecule has 0 radical (unpaired) electrons. The molecule has 1 aromatic rings. The smallest absolute Gasteiger partial charge is 0.471 e. The molecule has 2 amide bonds. The minimum absolute atomic E-state index is 0.0749. The van der Waals surface area contributed by atoms with Crippen LogP contribution in [0.1, 0.15) is 12.8 Å². The number of hydrogen-bond donors (Lipinski definition) is 1. The lowest BCUT2D eigenvalue weighted by Gasteiger charge is -2.28. The molecule has 1 unspecified atom stereocenters. The van der Waals surface area contributed by atoms with E-state index in [-0.39, 0.29) is 13.0 Å². The molecule has 1 atom stereocenters. The summed E-state index contributed by atoms with van der Waals surface area (Å²) >= 11 is 0. The zero-order valence-corrected chi connectivity index (χ0v) is 13.6. The van der Waals surface area contributed by atoms with Crippen LogP contribution < -0.4 is 15.0 Å². The van der Waals surface area contributed by atoms with Gasteiger partial charge >= 0.3 is 12.1 Å². The molecule has 1 saturated heterocycles. The second-order valence-corrected chi connectivity index (χ2v) is 6.10. The molecule has 1 fully saturated rings. The Kier molecular flexibility index (Phi) is 4.49. The number of amides is 2. The molecule has 6 nitrogen and oxygen atoms in total. The summed E-state index contributed by atoms with van der Waals surface area (Å²) in [7, 11) is 1.92. The molecule has 3 rings (SSSR count). The number of nitrogens with zero attached hydrogens (tertiary/aromatic N) is 2. The first-order chi connectivity index (χ1) is 11.8. The van der Waals surface area contributed by atoms with Crippen LogP contribution in [0.5, 0.6) is 5.75 Å². The van der Waals surface area contributed by atoms with Gasteiger partial charge in [-0.2, -0.15) is 13.2 Å². The first kappa shape index (κ1) is 17.4. The van der Waals surface area contributed by atoms with Crippen molar-refractivity contribution in [3.05, 3.63) is 18.2 Å². The fourth-order valence-corrected chi connectivity index (χ4v) is 3.11. The maximum absolute atomic E-state index is 12.6. The summed E-state index contributed by atoms with van der Waals surface area (Å²) in [5.74, 6) is -2.00. The molecule has 0 saturated carbocycles. The van der Waals surface area contributed by atoms with Crippen molar-refractivity contribution in [3.8, 4) is 5.75 Å². The summed E-state index contributed by atoms with van der Waals surface area (Å²) in [4.78, 5) is 26.4. The number of carbonyl (C=O) groups is 2. The Morgan fingerprint density at radius 2 is 2.04 bits per heavy atom. The van der Waals surface area contributed by atoms with Crippen LogP contribution in [0.25, 0.3) is 0 Å². The number of likely N-dealkylation sites (N-methyl/N-ethyl adjacent to an activating group) is 1. The van der Waals surface area contributed by atoms with E-state index in [0.29, 0.717) is 29.4 Å². The zero-order chi connectivity index (χ0) is 18.2. The molecule has 25 heavy (non-hydrogen) atoms. The number of rotatable bonds is 2. The highest BCUT2D eigenvalue weighted by Crippen LogP contribution is 2.33. The third kappa shape index (κ3) is 3.49. The molecule has 1 aromatic carbocycles. The van der Waals surface area contributed by atoms with Gasteiger partial charge in [0.25, 0.3) is 0 Å². The van der Waals surface area contributed by atoms with Crippen molar-refractivity contribution in [2.75, 3.05) is 37.0 Å². The van der Waals surface area contributed by atoms with E-state index in [0.717, 1.165) is 12.2 Å². The number of benzene rings is 1. The Balaban J connectivity index is 1.73. The van der Waals surface area contributed by atoms with E-state index < -0.39 is 24.0 Å². The second kappa shape index (κ2) is 6.45. The lowest BCUT2D eigenvalue weighted by atomic mass is 10.1. The highest BCUT2D eigenvalue weighted by atomic mass is 19.4. The molecule has 136 valence electrons. The molecule has 0 aliphatic carbocycles. The minimum atomic E-state index is -4.98. The topological polar surface area (TPSA) is 61.9 Å². The zero-order valence-electron chi connectivity index (χ0n) is 13.6. The van der Waals surface area contributed by atoms with Crippen LogP contribution in [0.4, 0.5) is 24.5 Å². The minimum Gasteiger partial charge on any atom is -0.489 e. The lowest BCUT2D eigenvalue weighted by Crippen LogP contribution is -2.48. The van der Waals surface area contributed by atoms with Crippen molar-refractivity contribution in [1.29, 1.82) is 0 Å². The van der Waals surface area contributed by atoms with Crippen LogP contribution in [-0.4, -0.2) is 55.7 Å². The Labute approximate surface area is 142 Å². The standard InChI is InChI=1S/C16H18F3N3O3/c1-21-7-8-25-13-9-10(4-5-11(13)21)20-14(23)12-3-2-6-22(12)15(24)16(17,18)19/h4-5,9,12H,2-3,6-8H2,1H3,(H,20,23).